The Morgan fingerprint density at radius 2 is 2.00 bits per heavy atom. The number of benzene rings is 1. The lowest BCUT2D eigenvalue weighted by Crippen LogP contribution is -2.42. The van der Waals surface area contributed by atoms with E-state index in [9.17, 15) is 13.6 Å². The van der Waals surface area contributed by atoms with E-state index < -0.39 is 24.9 Å². The van der Waals surface area contributed by atoms with E-state index in [0.29, 0.717) is 16.4 Å². The van der Waals surface area contributed by atoms with Crippen LogP contribution in [0.25, 0.3) is 11.4 Å². The van der Waals surface area contributed by atoms with E-state index in [0.717, 1.165) is 4.80 Å². The van der Waals surface area contributed by atoms with Crippen LogP contribution < -0.4 is 11.1 Å². The highest BCUT2D eigenvalue weighted by Gasteiger charge is 2.27. The summed E-state index contributed by atoms with van der Waals surface area (Å²) >= 11 is 5.77. The minimum absolute atomic E-state index is 0. The second-order valence-corrected chi connectivity index (χ2v) is 4.92. The topological polar surface area (TPSA) is 98.7 Å². The van der Waals surface area contributed by atoms with Crippen molar-refractivity contribution in [1.29, 1.82) is 0 Å². The summed E-state index contributed by atoms with van der Waals surface area (Å²) in [6, 6.07) is 6.73. The molecular weight excluding hydrogens is 353 g/mol. The number of hydrogen-bond donors (Lipinski definition) is 2. The monoisotopic (exact) mass is 366 g/mol. The second kappa shape index (κ2) is 8.14. The summed E-state index contributed by atoms with van der Waals surface area (Å²) in [6.45, 7) is -1.99. The van der Waals surface area contributed by atoms with E-state index >= 15 is 0 Å². The van der Waals surface area contributed by atoms with Crippen LogP contribution in [0.5, 0.6) is 0 Å². The molecule has 0 aliphatic rings. The van der Waals surface area contributed by atoms with Crippen molar-refractivity contribution in [2.45, 2.75) is 12.5 Å². The molecule has 0 fully saturated rings. The van der Waals surface area contributed by atoms with Crippen LogP contribution in [0.3, 0.4) is 0 Å². The van der Waals surface area contributed by atoms with Gasteiger partial charge >= 0.3 is 0 Å². The van der Waals surface area contributed by atoms with Crippen LogP contribution in [0.2, 0.25) is 5.02 Å². The number of aromatic nitrogens is 4. The van der Waals surface area contributed by atoms with Crippen LogP contribution in [0, 0.1) is 0 Å². The lowest BCUT2D eigenvalue weighted by molar-refractivity contribution is -0.123. The Bertz CT molecular complexity index is 649. The van der Waals surface area contributed by atoms with Crippen LogP contribution in [0.15, 0.2) is 24.3 Å². The van der Waals surface area contributed by atoms with E-state index in [1.165, 1.54) is 0 Å². The maximum Gasteiger partial charge on any atom is 0.277 e. The SMILES string of the molecule is Cl.NCC(F)(F)CNC(=O)Cn1nnc(-c2ccc(Cl)cc2)n1. The van der Waals surface area contributed by atoms with Crippen LogP contribution in [0.4, 0.5) is 8.78 Å². The number of nitrogens with zero attached hydrogens (tertiary/aromatic N) is 4. The Labute approximate surface area is 141 Å². The number of tetrazole rings is 1. The molecule has 0 saturated carbocycles. The number of alkyl halides is 2. The van der Waals surface area contributed by atoms with Crippen molar-refractivity contribution < 1.29 is 13.6 Å². The Balaban J connectivity index is 0.00000264. The normalized spacial score (nSPS) is 11.0. The predicted octanol–water partition coefficient (Wildman–Crippen LogP) is 1.13. The molecule has 0 aliphatic carbocycles. The fraction of sp³-hybridized carbons (Fsp3) is 0.333. The lowest BCUT2D eigenvalue weighted by Gasteiger charge is -2.13. The molecule has 7 nitrogen and oxygen atoms in total. The van der Waals surface area contributed by atoms with Gasteiger partial charge in [-0.15, -0.1) is 22.6 Å². The number of hydrogen-bond acceptors (Lipinski definition) is 5. The molecule has 0 spiro atoms. The van der Waals surface area contributed by atoms with Crippen LogP contribution in [0.1, 0.15) is 0 Å². The fourth-order valence-corrected chi connectivity index (χ4v) is 1.64. The lowest BCUT2D eigenvalue weighted by atomic mass is 10.2. The third-order valence-electron chi connectivity index (χ3n) is 2.68. The van der Waals surface area contributed by atoms with E-state index in [4.69, 9.17) is 17.3 Å². The van der Waals surface area contributed by atoms with Crippen molar-refractivity contribution in [3.63, 3.8) is 0 Å². The van der Waals surface area contributed by atoms with Gasteiger partial charge < -0.3 is 11.1 Å². The van der Waals surface area contributed by atoms with Crippen LogP contribution in [-0.4, -0.2) is 45.1 Å². The smallest absolute Gasteiger partial charge is 0.277 e. The van der Waals surface area contributed by atoms with E-state index in [2.05, 4.69) is 20.7 Å². The Morgan fingerprint density at radius 3 is 2.61 bits per heavy atom. The highest BCUT2D eigenvalue weighted by molar-refractivity contribution is 6.30. The molecule has 0 unspecified atom stereocenters. The largest absolute Gasteiger partial charge is 0.348 e. The molecule has 0 radical (unpaired) electrons. The summed E-state index contributed by atoms with van der Waals surface area (Å²) in [5, 5.41) is 14.1. The Morgan fingerprint density at radius 1 is 1.35 bits per heavy atom. The summed E-state index contributed by atoms with van der Waals surface area (Å²) in [5.74, 6) is -3.50. The van der Waals surface area contributed by atoms with Gasteiger partial charge in [-0.05, 0) is 29.5 Å². The molecule has 0 aliphatic heterocycles. The van der Waals surface area contributed by atoms with Gasteiger partial charge in [0.1, 0.15) is 6.54 Å². The van der Waals surface area contributed by atoms with Crippen molar-refractivity contribution in [2.75, 3.05) is 13.1 Å². The third-order valence-corrected chi connectivity index (χ3v) is 2.94. The highest BCUT2D eigenvalue weighted by atomic mass is 35.5. The van der Waals surface area contributed by atoms with E-state index in [-0.39, 0.29) is 19.0 Å². The molecule has 11 heteroatoms. The maximum absolute atomic E-state index is 12.9. The van der Waals surface area contributed by atoms with Gasteiger partial charge in [-0.2, -0.15) is 4.80 Å². The summed E-state index contributed by atoms with van der Waals surface area (Å²) < 4.78 is 25.8. The fourth-order valence-electron chi connectivity index (χ4n) is 1.51. The van der Waals surface area contributed by atoms with E-state index in [1.807, 2.05) is 0 Å². The predicted molar refractivity (Wildman–Crippen MR) is 82.5 cm³/mol. The molecule has 2 rings (SSSR count). The van der Waals surface area contributed by atoms with Gasteiger partial charge in [0.05, 0.1) is 13.1 Å². The van der Waals surface area contributed by atoms with Gasteiger partial charge in [0, 0.05) is 10.6 Å². The number of amides is 1. The number of carbonyl (C=O) groups is 1. The van der Waals surface area contributed by atoms with Gasteiger partial charge in [-0.1, -0.05) is 11.6 Å². The van der Waals surface area contributed by atoms with Crippen molar-refractivity contribution in [1.82, 2.24) is 25.5 Å². The second-order valence-electron chi connectivity index (χ2n) is 4.49. The first kappa shape index (κ1) is 19.2. The van der Waals surface area contributed by atoms with Gasteiger partial charge in [-0.3, -0.25) is 4.79 Å². The zero-order valence-electron chi connectivity index (χ0n) is 11.7. The summed E-state index contributed by atoms with van der Waals surface area (Å²) in [6.07, 6.45) is 0. The minimum Gasteiger partial charge on any atom is -0.348 e. The molecule has 2 aromatic rings. The number of halogens is 4. The number of rotatable bonds is 6. The molecule has 3 N–H and O–H groups in total. The summed E-state index contributed by atoms with van der Waals surface area (Å²) in [5.41, 5.74) is 5.54. The van der Waals surface area contributed by atoms with Gasteiger partial charge in [0.15, 0.2) is 0 Å². The molecule has 1 heterocycles. The van der Waals surface area contributed by atoms with Gasteiger partial charge in [-0.25, -0.2) is 8.78 Å². The molecular formula is C12H14Cl2F2N6O. The average Bonchev–Trinajstić information content (AvgIpc) is 2.94. The Hall–Kier alpha value is -1.84. The highest BCUT2D eigenvalue weighted by Crippen LogP contribution is 2.16. The van der Waals surface area contributed by atoms with Crippen LogP contribution in [-0.2, 0) is 11.3 Å². The van der Waals surface area contributed by atoms with E-state index in [1.54, 1.807) is 24.3 Å². The minimum atomic E-state index is -3.14. The first-order valence-electron chi connectivity index (χ1n) is 6.28. The first-order valence-corrected chi connectivity index (χ1v) is 6.66. The Kier molecular flexibility index (Phi) is 6.79. The van der Waals surface area contributed by atoms with Crippen molar-refractivity contribution in [3.05, 3.63) is 29.3 Å². The molecule has 1 aromatic heterocycles. The number of nitrogens with one attached hydrogen (secondary N) is 1. The molecule has 23 heavy (non-hydrogen) atoms. The van der Waals surface area contributed by atoms with Crippen molar-refractivity contribution in [2.24, 2.45) is 5.73 Å². The molecule has 0 bridgehead atoms. The van der Waals surface area contributed by atoms with Crippen LogP contribution >= 0.6 is 24.0 Å². The molecule has 126 valence electrons. The van der Waals surface area contributed by atoms with Gasteiger partial charge in [0.2, 0.25) is 11.7 Å². The number of nitrogens with two attached hydrogens (primary N) is 1. The number of carbonyl (C=O) groups excluding carboxylic acids is 1. The average molecular weight is 367 g/mol. The molecule has 1 amide bonds. The zero-order valence-corrected chi connectivity index (χ0v) is 13.3. The third kappa shape index (κ3) is 5.70. The maximum atomic E-state index is 12.9. The molecule has 0 saturated heterocycles. The summed E-state index contributed by atoms with van der Waals surface area (Å²) in [7, 11) is 0. The molecule has 0 atom stereocenters. The van der Waals surface area contributed by atoms with Crippen molar-refractivity contribution in [3.8, 4) is 11.4 Å². The standard InChI is InChI=1S/C12H13ClF2N6O.ClH/c13-9-3-1-8(2-4-9)11-18-20-21(19-11)5-10(22)17-7-12(14,15)6-16;/h1-4H,5-7,16H2,(H,17,22);1H. The summed E-state index contributed by atoms with van der Waals surface area (Å²) in [4.78, 5) is 12.5. The molecule has 1 aromatic carbocycles. The van der Waals surface area contributed by atoms with Gasteiger partial charge in [0.25, 0.3) is 5.92 Å². The first-order chi connectivity index (χ1) is 10.4. The zero-order chi connectivity index (χ0) is 16.2. The van der Waals surface area contributed by atoms with Crippen molar-refractivity contribution >= 4 is 29.9 Å². The quantitative estimate of drug-likeness (QED) is 0.798.